The van der Waals surface area contributed by atoms with E-state index < -0.39 is 11.8 Å². The summed E-state index contributed by atoms with van der Waals surface area (Å²) in [6.07, 6.45) is 0.508. The molecule has 1 heterocycles. The molecule has 0 fully saturated rings. The Bertz CT molecular complexity index is 1100. The van der Waals surface area contributed by atoms with E-state index in [1.807, 2.05) is 6.92 Å². The van der Waals surface area contributed by atoms with Gasteiger partial charge in [-0.15, -0.1) is 5.10 Å². The van der Waals surface area contributed by atoms with E-state index in [0.717, 1.165) is 5.56 Å². The molecule has 0 saturated carbocycles. The molecule has 0 unspecified atom stereocenters. The predicted molar refractivity (Wildman–Crippen MR) is 122 cm³/mol. The smallest absolute Gasteiger partial charge is 0.276 e. The second-order valence-electron chi connectivity index (χ2n) is 6.99. The lowest BCUT2D eigenvalue weighted by molar-refractivity contribution is -0.116. The fourth-order valence-corrected chi connectivity index (χ4v) is 3.68. The SMILES string of the molecule is CCc1c(C(=O)N(CC)CC(=O)Nc2c(Cl)cccc2Cl)nnn1Cc1ccc(F)cc1. The van der Waals surface area contributed by atoms with Crippen LogP contribution in [0.4, 0.5) is 10.1 Å². The van der Waals surface area contributed by atoms with Gasteiger partial charge in [-0.1, -0.05) is 53.5 Å². The fraction of sp³-hybridized carbons (Fsp3) is 0.273. The molecule has 168 valence electrons. The molecule has 10 heteroatoms. The van der Waals surface area contributed by atoms with E-state index >= 15 is 0 Å². The Hall–Kier alpha value is -2.97. The highest BCUT2D eigenvalue weighted by atomic mass is 35.5. The van der Waals surface area contributed by atoms with Gasteiger partial charge < -0.3 is 10.2 Å². The number of nitrogens with one attached hydrogen (secondary N) is 1. The zero-order valence-corrected chi connectivity index (χ0v) is 19.1. The minimum Gasteiger partial charge on any atom is -0.328 e. The van der Waals surface area contributed by atoms with Crippen molar-refractivity contribution in [3.05, 3.63) is 75.3 Å². The molecule has 3 rings (SSSR count). The van der Waals surface area contributed by atoms with Crippen molar-refractivity contribution in [1.82, 2.24) is 19.9 Å². The number of carbonyl (C=O) groups excluding carboxylic acids is 2. The number of benzene rings is 2. The number of hydrogen-bond donors (Lipinski definition) is 1. The molecule has 0 spiro atoms. The number of hydrogen-bond acceptors (Lipinski definition) is 4. The topological polar surface area (TPSA) is 80.1 Å². The van der Waals surface area contributed by atoms with Crippen LogP contribution in [0, 0.1) is 5.82 Å². The van der Waals surface area contributed by atoms with Crippen molar-refractivity contribution in [3.63, 3.8) is 0 Å². The van der Waals surface area contributed by atoms with Gasteiger partial charge in [0.25, 0.3) is 5.91 Å². The highest BCUT2D eigenvalue weighted by Gasteiger charge is 2.25. The predicted octanol–water partition coefficient (Wildman–Crippen LogP) is 4.44. The molecule has 0 saturated heterocycles. The number of nitrogens with zero attached hydrogens (tertiary/aromatic N) is 4. The number of rotatable bonds is 8. The van der Waals surface area contributed by atoms with Gasteiger partial charge in [-0.2, -0.15) is 0 Å². The second kappa shape index (κ2) is 10.6. The van der Waals surface area contributed by atoms with Gasteiger partial charge in [0.15, 0.2) is 5.69 Å². The van der Waals surface area contributed by atoms with E-state index in [-0.39, 0.29) is 24.6 Å². The molecule has 0 aliphatic heterocycles. The largest absolute Gasteiger partial charge is 0.328 e. The average Bonchev–Trinajstić information content (AvgIpc) is 3.18. The maximum Gasteiger partial charge on any atom is 0.276 e. The molecule has 0 radical (unpaired) electrons. The van der Waals surface area contributed by atoms with Crippen LogP contribution < -0.4 is 5.32 Å². The molecular weight excluding hydrogens is 456 g/mol. The normalized spacial score (nSPS) is 10.8. The first-order chi connectivity index (χ1) is 15.3. The number of anilines is 1. The van der Waals surface area contributed by atoms with Gasteiger partial charge in [0.05, 0.1) is 28.0 Å². The number of likely N-dealkylation sites (N-methyl/N-ethyl adjacent to an activating group) is 1. The van der Waals surface area contributed by atoms with E-state index in [0.29, 0.717) is 34.4 Å². The van der Waals surface area contributed by atoms with Crippen LogP contribution in [0.3, 0.4) is 0 Å². The summed E-state index contributed by atoms with van der Waals surface area (Å²) in [5, 5.41) is 11.4. The molecule has 0 aliphatic carbocycles. The summed E-state index contributed by atoms with van der Waals surface area (Å²) in [5.74, 6) is -1.17. The first-order valence-corrected chi connectivity index (χ1v) is 10.8. The maximum absolute atomic E-state index is 13.2. The van der Waals surface area contributed by atoms with Crippen LogP contribution >= 0.6 is 23.2 Å². The summed E-state index contributed by atoms with van der Waals surface area (Å²) in [6, 6.07) is 10.9. The average molecular weight is 478 g/mol. The van der Waals surface area contributed by atoms with Crippen molar-refractivity contribution in [1.29, 1.82) is 0 Å². The molecule has 3 aromatic rings. The van der Waals surface area contributed by atoms with Crippen LogP contribution in [0.5, 0.6) is 0 Å². The highest BCUT2D eigenvalue weighted by Crippen LogP contribution is 2.29. The van der Waals surface area contributed by atoms with Gasteiger partial charge >= 0.3 is 0 Å². The van der Waals surface area contributed by atoms with Gasteiger partial charge in [0.2, 0.25) is 5.91 Å². The first-order valence-electron chi connectivity index (χ1n) is 10.0. The number of amides is 2. The Balaban J connectivity index is 1.75. The van der Waals surface area contributed by atoms with E-state index in [9.17, 15) is 14.0 Å². The maximum atomic E-state index is 13.2. The molecule has 7 nitrogen and oxygen atoms in total. The summed E-state index contributed by atoms with van der Waals surface area (Å²) in [5.41, 5.74) is 1.93. The van der Waals surface area contributed by atoms with Gasteiger partial charge in [-0.3, -0.25) is 9.59 Å². The van der Waals surface area contributed by atoms with Crippen molar-refractivity contribution < 1.29 is 14.0 Å². The summed E-state index contributed by atoms with van der Waals surface area (Å²) in [7, 11) is 0. The Morgan fingerprint density at radius 3 is 2.34 bits per heavy atom. The zero-order valence-electron chi connectivity index (χ0n) is 17.6. The summed E-state index contributed by atoms with van der Waals surface area (Å²) >= 11 is 12.2. The Kier molecular flexibility index (Phi) is 7.82. The highest BCUT2D eigenvalue weighted by molar-refractivity contribution is 6.39. The van der Waals surface area contributed by atoms with Crippen LogP contribution in [-0.2, 0) is 17.8 Å². The van der Waals surface area contributed by atoms with Crippen molar-refractivity contribution in [2.24, 2.45) is 0 Å². The molecule has 0 aliphatic rings. The lowest BCUT2D eigenvalue weighted by Crippen LogP contribution is -2.38. The summed E-state index contributed by atoms with van der Waals surface area (Å²) in [6.45, 7) is 4.09. The summed E-state index contributed by atoms with van der Waals surface area (Å²) in [4.78, 5) is 27.0. The molecule has 0 atom stereocenters. The quantitative estimate of drug-likeness (QED) is 0.520. The number of carbonyl (C=O) groups is 2. The molecule has 2 aromatic carbocycles. The Labute approximate surface area is 195 Å². The van der Waals surface area contributed by atoms with E-state index in [1.54, 1.807) is 41.9 Å². The lowest BCUT2D eigenvalue weighted by Gasteiger charge is -2.20. The van der Waals surface area contributed by atoms with Crippen LogP contribution in [0.1, 0.15) is 35.6 Å². The standard InChI is InChI=1S/C22H22Cl2FN5O2/c1-3-18-21(27-28-30(18)12-14-8-10-15(25)11-9-14)22(32)29(4-2)13-19(31)26-20-16(23)6-5-7-17(20)24/h5-11H,3-4,12-13H2,1-2H3,(H,26,31). The Morgan fingerprint density at radius 2 is 1.75 bits per heavy atom. The minimum absolute atomic E-state index is 0.181. The number of aromatic nitrogens is 3. The fourth-order valence-electron chi connectivity index (χ4n) is 3.19. The summed E-state index contributed by atoms with van der Waals surface area (Å²) < 4.78 is 14.8. The third kappa shape index (κ3) is 5.44. The third-order valence-corrected chi connectivity index (χ3v) is 5.48. The van der Waals surface area contributed by atoms with Crippen molar-refractivity contribution in [2.45, 2.75) is 26.8 Å². The minimum atomic E-state index is -0.438. The first kappa shape index (κ1) is 23.7. The zero-order chi connectivity index (χ0) is 23.3. The van der Waals surface area contributed by atoms with Crippen LogP contribution in [0.25, 0.3) is 0 Å². The number of halogens is 3. The van der Waals surface area contributed by atoms with Crippen molar-refractivity contribution in [3.8, 4) is 0 Å². The molecule has 2 amide bonds. The molecular formula is C22H22Cl2FN5O2. The van der Waals surface area contributed by atoms with Crippen LogP contribution in [0.2, 0.25) is 10.0 Å². The van der Waals surface area contributed by atoms with Gasteiger partial charge in [0, 0.05) is 6.54 Å². The molecule has 1 N–H and O–H groups in total. The van der Waals surface area contributed by atoms with Gasteiger partial charge in [-0.05, 0) is 43.2 Å². The van der Waals surface area contributed by atoms with Crippen molar-refractivity contribution in [2.75, 3.05) is 18.4 Å². The van der Waals surface area contributed by atoms with Crippen LogP contribution in [-0.4, -0.2) is 44.8 Å². The van der Waals surface area contributed by atoms with Crippen molar-refractivity contribution >= 4 is 40.7 Å². The third-order valence-electron chi connectivity index (χ3n) is 4.85. The monoisotopic (exact) mass is 477 g/mol. The van der Waals surface area contributed by atoms with E-state index in [2.05, 4.69) is 15.6 Å². The van der Waals surface area contributed by atoms with Crippen LogP contribution in [0.15, 0.2) is 42.5 Å². The number of para-hydroxylation sites is 1. The van der Waals surface area contributed by atoms with Gasteiger partial charge in [0.1, 0.15) is 12.4 Å². The van der Waals surface area contributed by atoms with Gasteiger partial charge in [-0.25, -0.2) is 9.07 Å². The second-order valence-corrected chi connectivity index (χ2v) is 7.80. The van der Waals surface area contributed by atoms with E-state index in [1.165, 1.54) is 17.0 Å². The Morgan fingerprint density at radius 1 is 1.09 bits per heavy atom. The lowest BCUT2D eigenvalue weighted by atomic mass is 10.2. The molecule has 32 heavy (non-hydrogen) atoms. The molecule has 1 aromatic heterocycles. The molecule has 0 bridgehead atoms. The van der Waals surface area contributed by atoms with E-state index in [4.69, 9.17) is 23.2 Å².